The molecule has 3 nitrogen and oxygen atoms in total. The van der Waals surface area contributed by atoms with E-state index in [1.165, 1.54) is 0 Å². The van der Waals surface area contributed by atoms with Gasteiger partial charge in [-0.1, -0.05) is 28.1 Å². The maximum Gasteiger partial charge on any atom is 0.239 e. The van der Waals surface area contributed by atoms with Crippen LogP contribution in [0.4, 0.5) is 0 Å². The highest BCUT2D eigenvalue weighted by atomic mass is 79.9. The summed E-state index contributed by atoms with van der Waals surface area (Å²) in [5.41, 5.74) is 6.76. The van der Waals surface area contributed by atoms with Gasteiger partial charge in [0.05, 0.1) is 6.04 Å². The van der Waals surface area contributed by atoms with E-state index in [4.69, 9.17) is 5.73 Å². The first-order valence-electron chi connectivity index (χ1n) is 5.72. The molecule has 0 saturated heterocycles. The van der Waals surface area contributed by atoms with Crippen LogP contribution in [-0.4, -0.2) is 22.9 Å². The summed E-state index contributed by atoms with van der Waals surface area (Å²) in [5, 5.41) is 0. The lowest BCUT2D eigenvalue weighted by molar-refractivity contribution is -0.134. The molecule has 0 fully saturated rings. The van der Waals surface area contributed by atoms with Crippen LogP contribution in [0.25, 0.3) is 0 Å². The van der Waals surface area contributed by atoms with Gasteiger partial charge < -0.3 is 10.6 Å². The van der Waals surface area contributed by atoms with E-state index in [9.17, 15) is 4.79 Å². The van der Waals surface area contributed by atoms with Crippen molar-refractivity contribution in [3.63, 3.8) is 0 Å². The third-order valence-corrected chi connectivity index (χ3v) is 3.03. The molecule has 1 aromatic rings. The first-order chi connectivity index (χ1) is 7.91. The zero-order chi connectivity index (χ0) is 13.0. The van der Waals surface area contributed by atoms with Crippen molar-refractivity contribution in [1.29, 1.82) is 0 Å². The SMILES string of the molecule is CC(N)C(=O)N(Cc1cccc(Br)c1)C(C)C. The molecule has 94 valence electrons. The number of nitrogens with zero attached hydrogens (tertiary/aromatic N) is 1. The fourth-order valence-corrected chi connectivity index (χ4v) is 2.06. The molecule has 1 unspecified atom stereocenters. The van der Waals surface area contributed by atoms with Crippen LogP contribution in [0.15, 0.2) is 28.7 Å². The molecule has 4 heteroatoms. The topological polar surface area (TPSA) is 46.3 Å². The Morgan fingerprint density at radius 2 is 2.06 bits per heavy atom. The van der Waals surface area contributed by atoms with E-state index in [1.807, 2.05) is 38.1 Å². The first kappa shape index (κ1) is 14.2. The maximum atomic E-state index is 12.0. The second-order valence-corrected chi connectivity index (χ2v) is 5.39. The first-order valence-corrected chi connectivity index (χ1v) is 6.51. The monoisotopic (exact) mass is 298 g/mol. The number of carbonyl (C=O) groups excluding carboxylic acids is 1. The zero-order valence-electron chi connectivity index (χ0n) is 10.5. The van der Waals surface area contributed by atoms with Gasteiger partial charge in [0, 0.05) is 17.1 Å². The van der Waals surface area contributed by atoms with Crippen LogP contribution in [0.1, 0.15) is 26.3 Å². The summed E-state index contributed by atoms with van der Waals surface area (Å²) < 4.78 is 1.02. The Morgan fingerprint density at radius 3 is 2.53 bits per heavy atom. The molecule has 0 saturated carbocycles. The molecule has 0 aliphatic rings. The van der Waals surface area contributed by atoms with E-state index in [2.05, 4.69) is 15.9 Å². The van der Waals surface area contributed by atoms with Gasteiger partial charge in [-0.05, 0) is 38.5 Å². The minimum absolute atomic E-state index is 0.0139. The molecule has 0 bridgehead atoms. The van der Waals surface area contributed by atoms with Crippen LogP contribution < -0.4 is 5.73 Å². The second kappa shape index (κ2) is 6.17. The number of carbonyl (C=O) groups is 1. The van der Waals surface area contributed by atoms with Gasteiger partial charge in [0.15, 0.2) is 0 Å². The summed E-state index contributed by atoms with van der Waals surface area (Å²) in [6.45, 7) is 6.31. The lowest BCUT2D eigenvalue weighted by Gasteiger charge is -2.28. The number of benzene rings is 1. The molecule has 0 heterocycles. The Balaban J connectivity index is 2.84. The molecule has 2 N–H and O–H groups in total. The molecule has 0 aliphatic carbocycles. The average molecular weight is 299 g/mol. The quantitative estimate of drug-likeness (QED) is 0.928. The number of hydrogen-bond donors (Lipinski definition) is 1. The summed E-state index contributed by atoms with van der Waals surface area (Å²) >= 11 is 3.43. The number of halogens is 1. The summed E-state index contributed by atoms with van der Waals surface area (Å²) in [6.07, 6.45) is 0. The van der Waals surface area contributed by atoms with Gasteiger partial charge in [-0.3, -0.25) is 4.79 Å². The van der Waals surface area contributed by atoms with Gasteiger partial charge in [0.2, 0.25) is 5.91 Å². The van der Waals surface area contributed by atoms with Crippen molar-refractivity contribution in [2.45, 2.75) is 39.4 Å². The average Bonchev–Trinajstić information content (AvgIpc) is 2.24. The molecule has 0 radical (unpaired) electrons. The standard InChI is InChI=1S/C13H19BrN2O/c1-9(2)16(13(17)10(3)15)8-11-5-4-6-12(14)7-11/h4-7,9-10H,8,15H2,1-3H3. The van der Waals surface area contributed by atoms with Crippen LogP contribution in [0.5, 0.6) is 0 Å². The number of hydrogen-bond acceptors (Lipinski definition) is 2. The highest BCUT2D eigenvalue weighted by Crippen LogP contribution is 2.15. The number of amides is 1. The smallest absolute Gasteiger partial charge is 0.239 e. The number of nitrogens with two attached hydrogens (primary N) is 1. The van der Waals surface area contributed by atoms with Crippen molar-refractivity contribution in [3.05, 3.63) is 34.3 Å². The fraction of sp³-hybridized carbons (Fsp3) is 0.462. The summed E-state index contributed by atoms with van der Waals surface area (Å²) in [4.78, 5) is 13.8. The predicted octanol–water partition coefficient (Wildman–Crippen LogP) is 2.53. The second-order valence-electron chi connectivity index (χ2n) is 4.48. The molecule has 0 spiro atoms. The van der Waals surface area contributed by atoms with Gasteiger partial charge in [-0.2, -0.15) is 0 Å². The lowest BCUT2D eigenvalue weighted by atomic mass is 10.1. The Hall–Kier alpha value is -0.870. The summed E-state index contributed by atoms with van der Waals surface area (Å²) in [6, 6.07) is 7.65. The Morgan fingerprint density at radius 1 is 1.41 bits per heavy atom. The molecule has 0 aliphatic heterocycles. The van der Waals surface area contributed by atoms with Crippen molar-refractivity contribution in [2.24, 2.45) is 5.73 Å². The zero-order valence-corrected chi connectivity index (χ0v) is 12.1. The van der Waals surface area contributed by atoms with E-state index in [1.54, 1.807) is 11.8 Å². The number of rotatable bonds is 4. The van der Waals surface area contributed by atoms with E-state index in [0.29, 0.717) is 6.54 Å². The van der Waals surface area contributed by atoms with E-state index >= 15 is 0 Å². The van der Waals surface area contributed by atoms with Crippen molar-refractivity contribution < 1.29 is 4.79 Å². The Bertz CT molecular complexity index is 391. The molecular formula is C13H19BrN2O. The van der Waals surface area contributed by atoms with Gasteiger partial charge in [0.1, 0.15) is 0 Å². The van der Waals surface area contributed by atoms with Crippen molar-refractivity contribution >= 4 is 21.8 Å². The van der Waals surface area contributed by atoms with Crippen LogP contribution in [0.3, 0.4) is 0 Å². The highest BCUT2D eigenvalue weighted by molar-refractivity contribution is 9.10. The fourth-order valence-electron chi connectivity index (χ4n) is 1.61. The molecule has 1 amide bonds. The van der Waals surface area contributed by atoms with Crippen LogP contribution >= 0.6 is 15.9 Å². The van der Waals surface area contributed by atoms with Gasteiger partial charge in [0.25, 0.3) is 0 Å². The molecule has 0 aromatic heterocycles. The summed E-state index contributed by atoms with van der Waals surface area (Å²) in [7, 11) is 0. The molecule has 1 atom stereocenters. The van der Waals surface area contributed by atoms with Gasteiger partial charge >= 0.3 is 0 Å². The van der Waals surface area contributed by atoms with E-state index < -0.39 is 6.04 Å². The van der Waals surface area contributed by atoms with Crippen molar-refractivity contribution in [1.82, 2.24) is 4.90 Å². The third-order valence-electron chi connectivity index (χ3n) is 2.54. The van der Waals surface area contributed by atoms with Gasteiger partial charge in [-0.25, -0.2) is 0 Å². The molecule has 17 heavy (non-hydrogen) atoms. The normalized spacial score (nSPS) is 12.6. The van der Waals surface area contributed by atoms with Crippen molar-refractivity contribution in [2.75, 3.05) is 0 Å². The molecule has 1 aromatic carbocycles. The maximum absolute atomic E-state index is 12.0. The molecule has 1 rings (SSSR count). The lowest BCUT2D eigenvalue weighted by Crippen LogP contribution is -2.45. The summed E-state index contributed by atoms with van der Waals surface area (Å²) in [5.74, 6) is -0.0139. The van der Waals surface area contributed by atoms with Crippen LogP contribution in [-0.2, 0) is 11.3 Å². The van der Waals surface area contributed by atoms with Crippen LogP contribution in [0, 0.1) is 0 Å². The Labute approximate surface area is 111 Å². The van der Waals surface area contributed by atoms with E-state index in [0.717, 1.165) is 10.0 Å². The predicted molar refractivity (Wildman–Crippen MR) is 73.5 cm³/mol. The van der Waals surface area contributed by atoms with Crippen LogP contribution in [0.2, 0.25) is 0 Å². The minimum Gasteiger partial charge on any atom is -0.335 e. The highest BCUT2D eigenvalue weighted by Gasteiger charge is 2.20. The third kappa shape index (κ3) is 4.13. The van der Waals surface area contributed by atoms with Crippen molar-refractivity contribution in [3.8, 4) is 0 Å². The molecular weight excluding hydrogens is 280 g/mol. The van der Waals surface area contributed by atoms with E-state index in [-0.39, 0.29) is 11.9 Å². The minimum atomic E-state index is -0.454. The van der Waals surface area contributed by atoms with Gasteiger partial charge in [-0.15, -0.1) is 0 Å². The largest absolute Gasteiger partial charge is 0.335 e. The Kier molecular flexibility index (Phi) is 5.15.